The Morgan fingerprint density at radius 1 is 0.933 bits per heavy atom. The van der Waals surface area contributed by atoms with Crippen LogP contribution in [0.2, 0.25) is 0 Å². The maximum Gasteiger partial charge on any atom is 0.0405 e. The van der Waals surface area contributed by atoms with Gasteiger partial charge in [-0.2, -0.15) is 12.1 Å². The largest absolute Gasteiger partial charge is 0.384 e. The molecule has 0 N–H and O–H groups in total. The number of benzene rings is 1. The quantitative estimate of drug-likeness (QED) is 0.360. The maximum absolute atomic E-state index is 4.33. The third kappa shape index (κ3) is 1.65. The van der Waals surface area contributed by atoms with E-state index in [9.17, 15) is 0 Å². The molecule has 0 fully saturated rings. The monoisotopic (exact) mass is 285 g/mol. The fraction of sp³-hybridized carbons (Fsp3) is 0. The molecule has 0 bridgehead atoms. The van der Waals surface area contributed by atoms with Crippen LogP contribution in [0.15, 0.2) is 42.6 Å². The van der Waals surface area contributed by atoms with Gasteiger partial charge in [0, 0.05) is 32.1 Å². The van der Waals surface area contributed by atoms with Gasteiger partial charge in [-0.05, 0) is 17.0 Å². The van der Waals surface area contributed by atoms with Crippen molar-refractivity contribution < 1.29 is 20.4 Å². The van der Waals surface area contributed by atoms with Crippen LogP contribution in [0.25, 0.3) is 21.8 Å². The second-order valence-electron chi connectivity index (χ2n) is 3.15. The molecule has 0 aliphatic carbocycles. The van der Waals surface area contributed by atoms with E-state index in [0.717, 1.165) is 21.8 Å². The summed E-state index contributed by atoms with van der Waals surface area (Å²) in [5.74, 6) is 0. The first-order valence-electron chi connectivity index (χ1n) is 4.46. The smallest absolute Gasteiger partial charge is 0.0405 e. The first-order chi connectivity index (χ1) is 6.95. The van der Waals surface area contributed by atoms with Crippen LogP contribution >= 0.6 is 0 Å². The first-order valence-corrected chi connectivity index (χ1v) is 4.46. The Kier molecular flexibility index (Phi) is 2.77. The summed E-state index contributed by atoms with van der Waals surface area (Å²) in [5, 5.41) is 2.22. The van der Waals surface area contributed by atoms with E-state index in [2.05, 4.69) is 28.3 Å². The molecule has 0 atom stereocenters. The first kappa shape index (κ1) is 10.2. The third-order valence-corrected chi connectivity index (χ3v) is 2.29. The number of nitrogens with zero attached hydrogens (tertiary/aromatic N) is 2. The molecule has 0 amide bonds. The molecule has 76 valence electrons. The van der Waals surface area contributed by atoms with Crippen LogP contribution < -0.4 is 0 Å². The molecule has 2 nitrogen and oxygen atoms in total. The molecule has 0 unspecified atom stereocenters. The van der Waals surface area contributed by atoms with E-state index < -0.39 is 0 Å². The minimum atomic E-state index is 0. The van der Waals surface area contributed by atoms with Crippen molar-refractivity contribution in [2.24, 2.45) is 0 Å². The van der Waals surface area contributed by atoms with Crippen molar-refractivity contribution in [1.29, 1.82) is 0 Å². The molecule has 3 heteroatoms. The van der Waals surface area contributed by atoms with E-state index in [1.807, 2.05) is 24.3 Å². The molecule has 0 saturated heterocycles. The van der Waals surface area contributed by atoms with Crippen molar-refractivity contribution >= 4 is 21.8 Å². The molecule has 0 saturated carbocycles. The normalized spacial score (nSPS) is 10.1. The minimum absolute atomic E-state index is 0. The van der Waals surface area contributed by atoms with Gasteiger partial charge in [0.05, 0.1) is 0 Å². The van der Waals surface area contributed by atoms with E-state index in [1.165, 1.54) is 0 Å². The third-order valence-electron chi connectivity index (χ3n) is 2.29. The van der Waals surface area contributed by atoms with Crippen LogP contribution in [-0.4, -0.2) is 9.97 Å². The van der Waals surface area contributed by atoms with Gasteiger partial charge in [-0.15, -0.1) is 5.39 Å². The zero-order chi connectivity index (χ0) is 9.38. The zero-order valence-corrected chi connectivity index (χ0v) is 9.31. The Labute approximate surface area is 101 Å². The molecule has 0 radical (unpaired) electrons. The zero-order valence-electron chi connectivity index (χ0n) is 7.75. The maximum atomic E-state index is 4.33. The summed E-state index contributed by atoms with van der Waals surface area (Å²) in [7, 11) is 0. The molecular formula is C12H7N2Pd-. The van der Waals surface area contributed by atoms with Gasteiger partial charge in [-0.25, -0.2) is 0 Å². The van der Waals surface area contributed by atoms with Crippen LogP contribution in [0.5, 0.6) is 0 Å². The van der Waals surface area contributed by atoms with Crippen LogP contribution in [-0.2, 0) is 20.4 Å². The molecule has 3 aromatic rings. The average Bonchev–Trinajstić information content (AvgIpc) is 2.29. The molecule has 2 heterocycles. The predicted molar refractivity (Wildman–Crippen MR) is 55.9 cm³/mol. The predicted octanol–water partition coefficient (Wildman–Crippen LogP) is 2.58. The second kappa shape index (κ2) is 4.06. The van der Waals surface area contributed by atoms with Gasteiger partial charge in [-0.1, -0.05) is 24.4 Å². The minimum Gasteiger partial charge on any atom is -0.384 e. The summed E-state index contributed by atoms with van der Waals surface area (Å²) in [6, 6.07) is 11.9. The van der Waals surface area contributed by atoms with E-state index >= 15 is 0 Å². The van der Waals surface area contributed by atoms with E-state index in [1.54, 1.807) is 6.20 Å². The summed E-state index contributed by atoms with van der Waals surface area (Å²) in [6.07, 6.45) is 4.63. The van der Waals surface area contributed by atoms with Crippen LogP contribution in [0, 0.1) is 6.20 Å². The fourth-order valence-electron chi connectivity index (χ4n) is 1.63. The van der Waals surface area contributed by atoms with Crippen molar-refractivity contribution in [1.82, 2.24) is 9.97 Å². The molecule has 2 aromatic heterocycles. The van der Waals surface area contributed by atoms with E-state index in [4.69, 9.17) is 0 Å². The van der Waals surface area contributed by atoms with Crippen molar-refractivity contribution in [2.75, 3.05) is 0 Å². The average molecular weight is 286 g/mol. The molecular weight excluding hydrogens is 279 g/mol. The van der Waals surface area contributed by atoms with E-state index in [0.29, 0.717) is 0 Å². The molecule has 1 aromatic carbocycles. The van der Waals surface area contributed by atoms with Crippen molar-refractivity contribution in [3.05, 3.63) is 48.8 Å². The molecule has 0 aliphatic rings. The van der Waals surface area contributed by atoms with Gasteiger partial charge in [0.25, 0.3) is 0 Å². The van der Waals surface area contributed by atoms with Gasteiger partial charge >= 0.3 is 0 Å². The Bertz CT molecular complexity index is 553. The SMILES string of the molecule is [Pd].[c-]1ccc2ccc3cccnc3c2n1. The summed E-state index contributed by atoms with van der Waals surface area (Å²) in [6.45, 7) is 0. The summed E-state index contributed by atoms with van der Waals surface area (Å²) < 4.78 is 0. The van der Waals surface area contributed by atoms with E-state index in [-0.39, 0.29) is 20.4 Å². The summed E-state index contributed by atoms with van der Waals surface area (Å²) >= 11 is 0. The molecule has 3 rings (SSSR count). The number of hydrogen-bond acceptors (Lipinski definition) is 2. The Morgan fingerprint density at radius 3 is 2.60 bits per heavy atom. The van der Waals surface area contributed by atoms with Gasteiger partial charge in [0.1, 0.15) is 0 Å². The summed E-state index contributed by atoms with van der Waals surface area (Å²) in [4.78, 5) is 8.55. The Balaban J connectivity index is 0.000000853. The van der Waals surface area contributed by atoms with Gasteiger partial charge in [0.2, 0.25) is 0 Å². The van der Waals surface area contributed by atoms with Crippen molar-refractivity contribution in [3.8, 4) is 0 Å². The number of fused-ring (bicyclic) bond motifs is 3. The number of aromatic nitrogens is 2. The van der Waals surface area contributed by atoms with Crippen LogP contribution in [0.3, 0.4) is 0 Å². The number of pyridine rings is 2. The molecule has 15 heavy (non-hydrogen) atoms. The number of rotatable bonds is 0. The van der Waals surface area contributed by atoms with Gasteiger partial charge in [0.15, 0.2) is 0 Å². The van der Waals surface area contributed by atoms with Crippen molar-refractivity contribution in [3.63, 3.8) is 0 Å². The van der Waals surface area contributed by atoms with Crippen molar-refractivity contribution in [2.45, 2.75) is 0 Å². The second-order valence-corrected chi connectivity index (χ2v) is 3.15. The van der Waals surface area contributed by atoms with Crippen LogP contribution in [0.1, 0.15) is 0 Å². The Morgan fingerprint density at radius 2 is 1.73 bits per heavy atom. The fourth-order valence-corrected chi connectivity index (χ4v) is 1.63. The summed E-state index contributed by atoms with van der Waals surface area (Å²) in [5.41, 5.74) is 1.87. The topological polar surface area (TPSA) is 25.8 Å². The number of hydrogen-bond donors (Lipinski definition) is 0. The van der Waals surface area contributed by atoms with Crippen LogP contribution in [0.4, 0.5) is 0 Å². The van der Waals surface area contributed by atoms with Gasteiger partial charge < -0.3 is 4.98 Å². The standard InChI is InChI=1S/C12H7N2.Pd/c1-3-9-5-6-10-4-2-8-14-12(10)11(9)13-7-1;/h1-7H;/q-1;. The Hall–Kier alpha value is -1.30. The molecule has 0 spiro atoms. The molecule has 0 aliphatic heterocycles. The van der Waals surface area contributed by atoms with Gasteiger partial charge in [-0.3, -0.25) is 4.98 Å².